The average molecular weight is 649 g/mol. The number of rotatable bonds is 7. The van der Waals surface area contributed by atoms with E-state index < -0.39 is 11.7 Å². The SMILES string of the molecule is CN(C)[C@H]1CCN(c2nc(NCc3noc(C(N)=O)n3)c3c4c(c(-c5ccc(F)c6sc(N)c(C#N)c56)c(Cl)c3n2)COC4)C1. The molecule has 2 aliphatic heterocycles. The van der Waals surface area contributed by atoms with Crippen molar-refractivity contribution in [2.45, 2.75) is 32.2 Å². The zero-order valence-electron chi connectivity index (χ0n) is 24.1. The van der Waals surface area contributed by atoms with Gasteiger partial charge in [-0.2, -0.15) is 15.2 Å². The number of carbonyl (C=O) groups excluding carboxylic acids is 1. The Hall–Kier alpha value is -4.62. The van der Waals surface area contributed by atoms with E-state index in [2.05, 4.69) is 31.3 Å². The molecule has 1 saturated heterocycles. The van der Waals surface area contributed by atoms with Crippen LogP contribution in [-0.4, -0.2) is 64.1 Å². The van der Waals surface area contributed by atoms with Crippen LogP contribution in [0.5, 0.6) is 0 Å². The third-order valence-electron chi connectivity index (χ3n) is 8.25. The Labute approximate surface area is 264 Å². The smallest absolute Gasteiger partial charge is 0.315 e. The standard InChI is InChI=1S/C29H26ClFN10O3S/c1-40(2)12-5-6-41(9-12)29-37-23-21(27(38-29)35-8-18-36-28(25(33)42)44-39-18)16-11-43-10-15(16)19(22(23)30)13-3-4-17(31)24-20(13)14(7-32)26(34)45-24/h3-4,12H,5-6,8-11,34H2,1-2H3,(H2,33,42)(H,35,37,38)/t12-/m0/s1. The highest BCUT2D eigenvalue weighted by atomic mass is 35.5. The van der Waals surface area contributed by atoms with E-state index in [9.17, 15) is 14.4 Å². The molecule has 5 heterocycles. The van der Waals surface area contributed by atoms with Crippen LogP contribution in [0.25, 0.3) is 32.1 Å². The first-order chi connectivity index (χ1) is 21.7. The summed E-state index contributed by atoms with van der Waals surface area (Å²) in [6.45, 7) is 1.98. The van der Waals surface area contributed by atoms with Gasteiger partial charge >= 0.3 is 11.8 Å². The second kappa shape index (κ2) is 11.1. The normalized spacial score (nSPS) is 16.2. The monoisotopic (exact) mass is 648 g/mol. The van der Waals surface area contributed by atoms with Gasteiger partial charge in [0.2, 0.25) is 5.95 Å². The maximum Gasteiger partial charge on any atom is 0.315 e. The number of ether oxygens (including phenoxy) is 1. The van der Waals surface area contributed by atoms with Gasteiger partial charge in [-0.1, -0.05) is 22.8 Å². The van der Waals surface area contributed by atoms with Crippen molar-refractivity contribution in [2.75, 3.05) is 43.1 Å². The molecule has 230 valence electrons. The first kappa shape index (κ1) is 29.1. The summed E-state index contributed by atoms with van der Waals surface area (Å²) >= 11 is 8.32. The molecule has 0 aliphatic carbocycles. The molecule has 0 saturated carbocycles. The highest BCUT2D eigenvalue weighted by molar-refractivity contribution is 7.23. The van der Waals surface area contributed by atoms with E-state index in [-0.39, 0.29) is 46.7 Å². The van der Waals surface area contributed by atoms with E-state index in [1.165, 1.54) is 6.07 Å². The number of hydrogen-bond acceptors (Lipinski definition) is 13. The summed E-state index contributed by atoms with van der Waals surface area (Å²) in [6, 6.07) is 5.42. The summed E-state index contributed by atoms with van der Waals surface area (Å²) in [5, 5.41) is 18.7. The summed E-state index contributed by atoms with van der Waals surface area (Å²) in [7, 11) is 4.08. The summed E-state index contributed by atoms with van der Waals surface area (Å²) in [5.41, 5.74) is 14.8. The number of likely N-dealkylation sites (N-methyl/N-ethyl adjacent to an activating group) is 1. The van der Waals surface area contributed by atoms with Crippen molar-refractivity contribution in [2.24, 2.45) is 5.73 Å². The largest absolute Gasteiger partial charge is 0.389 e. The second-order valence-electron chi connectivity index (χ2n) is 11.1. The number of primary amides is 1. The van der Waals surface area contributed by atoms with Gasteiger partial charge in [0.25, 0.3) is 0 Å². The van der Waals surface area contributed by atoms with Crippen LogP contribution in [0.3, 0.4) is 0 Å². The van der Waals surface area contributed by atoms with Crippen molar-refractivity contribution in [1.82, 2.24) is 25.0 Å². The number of amides is 1. The summed E-state index contributed by atoms with van der Waals surface area (Å²) in [4.78, 5) is 29.7. The molecule has 13 nitrogen and oxygen atoms in total. The number of anilines is 3. The van der Waals surface area contributed by atoms with Crippen LogP contribution < -0.4 is 21.7 Å². The van der Waals surface area contributed by atoms with Crippen molar-refractivity contribution in [3.05, 3.63) is 51.4 Å². The molecule has 0 radical (unpaired) electrons. The number of benzene rings is 2. The van der Waals surface area contributed by atoms with Crippen LogP contribution in [0.4, 0.5) is 21.2 Å². The third kappa shape index (κ3) is 4.77. The number of hydrogen-bond donors (Lipinski definition) is 3. The average Bonchev–Trinajstić information content (AvgIpc) is 3.83. The van der Waals surface area contributed by atoms with Gasteiger partial charge in [-0.3, -0.25) is 4.79 Å². The summed E-state index contributed by atoms with van der Waals surface area (Å²) in [6.07, 6.45) is 0.928. The van der Waals surface area contributed by atoms with Crippen LogP contribution >= 0.6 is 22.9 Å². The molecule has 16 heteroatoms. The highest BCUT2D eigenvalue weighted by Crippen LogP contribution is 2.49. The Bertz CT molecular complexity index is 2070. The van der Waals surface area contributed by atoms with E-state index in [0.717, 1.165) is 35.4 Å². The minimum atomic E-state index is -0.830. The molecule has 1 fully saturated rings. The third-order valence-corrected chi connectivity index (χ3v) is 9.65. The fraction of sp³-hybridized carbons (Fsp3) is 0.310. The molecule has 1 amide bonds. The molecule has 5 N–H and O–H groups in total. The molecule has 45 heavy (non-hydrogen) atoms. The maximum atomic E-state index is 15.0. The number of nitrogens with two attached hydrogens (primary N) is 2. The Morgan fingerprint density at radius 2 is 2.07 bits per heavy atom. The van der Waals surface area contributed by atoms with Crippen molar-refractivity contribution in [3.63, 3.8) is 0 Å². The number of aromatic nitrogens is 4. The van der Waals surface area contributed by atoms with Gasteiger partial charge in [0, 0.05) is 30.1 Å². The summed E-state index contributed by atoms with van der Waals surface area (Å²) in [5.74, 6) is -0.471. The molecule has 0 bridgehead atoms. The molecular formula is C29H26ClFN10O3S. The number of nitrogens with zero attached hydrogens (tertiary/aromatic N) is 7. The Morgan fingerprint density at radius 3 is 2.78 bits per heavy atom. The Morgan fingerprint density at radius 1 is 1.27 bits per heavy atom. The minimum absolute atomic E-state index is 0.0654. The van der Waals surface area contributed by atoms with E-state index in [0.29, 0.717) is 56.8 Å². The molecule has 5 aromatic rings. The van der Waals surface area contributed by atoms with Crippen molar-refractivity contribution in [1.29, 1.82) is 5.26 Å². The molecule has 1 atom stereocenters. The van der Waals surface area contributed by atoms with E-state index in [1.807, 2.05) is 14.1 Å². The molecule has 2 aromatic carbocycles. The number of thiophene rings is 1. The number of nitrogens with one attached hydrogen (secondary N) is 1. The Balaban J connectivity index is 1.45. The Kier molecular flexibility index (Phi) is 7.16. The minimum Gasteiger partial charge on any atom is -0.389 e. The zero-order valence-corrected chi connectivity index (χ0v) is 25.7. The van der Waals surface area contributed by atoms with E-state index in [4.69, 9.17) is 42.3 Å². The summed E-state index contributed by atoms with van der Waals surface area (Å²) < 4.78 is 26.1. The quantitative estimate of drug-likeness (QED) is 0.230. The van der Waals surface area contributed by atoms with Crippen molar-refractivity contribution < 1.29 is 18.4 Å². The van der Waals surface area contributed by atoms with Gasteiger partial charge < -0.3 is 35.8 Å². The zero-order chi connectivity index (χ0) is 31.6. The van der Waals surface area contributed by atoms with Gasteiger partial charge in [-0.05, 0) is 43.3 Å². The molecule has 7 rings (SSSR count). The number of nitrogen functional groups attached to an aromatic ring is 1. The number of carbonyl (C=O) groups is 1. The van der Waals surface area contributed by atoms with Gasteiger partial charge in [-0.15, -0.1) is 11.3 Å². The predicted molar refractivity (Wildman–Crippen MR) is 167 cm³/mol. The van der Waals surface area contributed by atoms with Gasteiger partial charge in [0.1, 0.15) is 22.7 Å². The first-order valence-electron chi connectivity index (χ1n) is 14.0. The molecular weight excluding hydrogens is 623 g/mol. The van der Waals surface area contributed by atoms with E-state index in [1.54, 1.807) is 6.07 Å². The number of nitriles is 1. The van der Waals surface area contributed by atoms with Crippen LogP contribution in [-0.2, 0) is 24.5 Å². The lowest BCUT2D eigenvalue weighted by Gasteiger charge is -2.23. The second-order valence-corrected chi connectivity index (χ2v) is 12.5. The van der Waals surface area contributed by atoms with Crippen molar-refractivity contribution >= 4 is 66.6 Å². The van der Waals surface area contributed by atoms with Crippen molar-refractivity contribution in [3.8, 4) is 17.2 Å². The molecule has 3 aromatic heterocycles. The topological polar surface area (TPSA) is 185 Å². The lowest BCUT2D eigenvalue weighted by Crippen LogP contribution is -2.32. The fourth-order valence-corrected chi connectivity index (χ4v) is 7.31. The molecule has 0 spiro atoms. The van der Waals surface area contributed by atoms with Gasteiger partial charge in [-0.25, -0.2) is 9.37 Å². The molecule has 0 unspecified atom stereocenters. The first-order valence-corrected chi connectivity index (χ1v) is 15.2. The molecule has 2 aliphatic rings. The van der Waals surface area contributed by atoms with Crippen LogP contribution in [0.15, 0.2) is 16.7 Å². The number of halogens is 2. The van der Waals surface area contributed by atoms with Crippen LogP contribution in [0.1, 0.15) is 39.6 Å². The lowest BCUT2D eigenvalue weighted by atomic mass is 9.91. The lowest BCUT2D eigenvalue weighted by molar-refractivity contribution is 0.0958. The highest BCUT2D eigenvalue weighted by Gasteiger charge is 2.32. The fourth-order valence-electron chi connectivity index (χ4n) is 6.01. The number of fused-ring (bicyclic) bond motifs is 4. The maximum absolute atomic E-state index is 15.0. The predicted octanol–water partition coefficient (Wildman–Crippen LogP) is 4.02. The van der Waals surface area contributed by atoms with Gasteiger partial charge in [0.05, 0.1) is 45.9 Å². The van der Waals surface area contributed by atoms with Crippen LogP contribution in [0.2, 0.25) is 5.02 Å². The van der Waals surface area contributed by atoms with Crippen LogP contribution in [0, 0.1) is 17.1 Å². The van der Waals surface area contributed by atoms with E-state index >= 15 is 0 Å². The van der Waals surface area contributed by atoms with Gasteiger partial charge in [0.15, 0.2) is 5.82 Å².